The summed E-state index contributed by atoms with van der Waals surface area (Å²) in [6.07, 6.45) is 0.276. The number of nitrogens with two attached hydrogens (primary N) is 1. The van der Waals surface area contributed by atoms with E-state index in [0.29, 0.717) is 5.69 Å². The van der Waals surface area contributed by atoms with Gasteiger partial charge in [-0.1, -0.05) is 30.3 Å². The topological polar surface area (TPSA) is 92.5 Å². The maximum Gasteiger partial charge on any atom is 0.228 e. The summed E-state index contributed by atoms with van der Waals surface area (Å²) < 4.78 is 13.1. The second kappa shape index (κ2) is 10.1. The van der Waals surface area contributed by atoms with Gasteiger partial charge in [0.2, 0.25) is 17.7 Å². The minimum atomic E-state index is -0.536. The minimum Gasteiger partial charge on any atom is -0.370 e. The Kier molecular flexibility index (Phi) is 7.49. The van der Waals surface area contributed by atoms with E-state index in [1.54, 1.807) is 0 Å². The molecule has 0 aliphatic rings. The summed E-state index contributed by atoms with van der Waals surface area (Å²) in [6.45, 7) is 0.260. The predicted molar refractivity (Wildman–Crippen MR) is 100 cm³/mol. The average molecular weight is 371 g/mol. The highest BCUT2D eigenvalue weighted by atomic mass is 19.1. The molecule has 2 rings (SSSR count). The zero-order valence-electron chi connectivity index (χ0n) is 14.9. The zero-order valence-corrected chi connectivity index (χ0v) is 14.9. The van der Waals surface area contributed by atoms with Crippen molar-refractivity contribution in [3.8, 4) is 0 Å². The first-order chi connectivity index (χ1) is 13.0. The summed E-state index contributed by atoms with van der Waals surface area (Å²) in [7, 11) is 0. The summed E-state index contributed by atoms with van der Waals surface area (Å²) >= 11 is 0. The molecule has 6 nitrogen and oxygen atoms in total. The zero-order chi connectivity index (χ0) is 19.6. The first-order valence-electron chi connectivity index (χ1n) is 8.60. The number of halogens is 1. The smallest absolute Gasteiger partial charge is 0.228 e. The number of nitrogens with one attached hydrogen (secondary N) is 1. The number of anilines is 1. The van der Waals surface area contributed by atoms with Crippen molar-refractivity contribution in [2.24, 2.45) is 5.73 Å². The Bertz CT molecular complexity index is 779. The highest BCUT2D eigenvalue weighted by molar-refractivity contribution is 5.94. The summed E-state index contributed by atoms with van der Waals surface area (Å²) in [5.74, 6) is -1.43. The number of carbonyl (C=O) groups is 3. The van der Waals surface area contributed by atoms with Gasteiger partial charge in [-0.15, -0.1) is 0 Å². The van der Waals surface area contributed by atoms with Crippen molar-refractivity contribution in [3.63, 3.8) is 0 Å². The molecule has 0 saturated heterocycles. The molecule has 142 valence electrons. The molecular weight excluding hydrogens is 349 g/mol. The van der Waals surface area contributed by atoms with Crippen LogP contribution in [0.1, 0.15) is 18.4 Å². The van der Waals surface area contributed by atoms with Gasteiger partial charge < -0.3 is 16.0 Å². The summed E-state index contributed by atoms with van der Waals surface area (Å²) in [6, 6.07) is 14.7. The van der Waals surface area contributed by atoms with Gasteiger partial charge in [0, 0.05) is 31.6 Å². The lowest BCUT2D eigenvalue weighted by Gasteiger charge is -2.22. The molecule has 0 heterocycles. The van der Waals surface area contributed by atoms with Gasteiger partial charge in [0.05, 0.1) is 6.42 Å². The molecule has 0 spiro atoms. The second-order valence-corrected chi connectivity index (χ2v) is 6.00. The number of carbonyl (C=O) groups excluding carboxylic acids is 3. The van der Waals surface area contributed by atoms with E-state index in [1.807, 2.05) is 30.3 Å². The van der Waals surface area contributed by atoms with Gasteiger partial charge in [0.15, 0.2) is 0 Å². The van der Waals surface area contributed by atoms with Crippen molar-refractivity contribution < 1.29 is 18.8 Å². The lowest BCUT2D eigenvalue weighted by molar-refractivity contribution is -0.121. The quantitative estimate of drug-likeness (QED) is 0.704. The molecule has 0 radical (unpaired) electrons. The number of hydrogen-bond acceptors (Lipinski definition) is 3. The van der Waals surface area contributed by atoms with E-state index in [9.17, 15) is 18.8 Å². The number of rotatable bonds is 9. The first-order valence-corrected chi connectivity index (χ1v) is 8.60. The van der Waals surface area contributed by atoms with Crippen LogP contribution in [0, 0.1) is 5.82 Å². The SMILES string of the molecule is NC(=O)CCN(C(=O)CCNC(=O)Cc1ccccc1)c1ccc(F)cc1. The second-order valence-electron chi connectivity index (χ2n) is 6.00. The molecule has 0 bridgehead atoms. The van der Waals surface area contributed by atoms with Gasteiger partial charge in [-0.2, -0.15) is 0 Å². The third-order valence-electron chi connectivity index (χ3n) is 3.89. The molecule has 0 aliphatic heterocycles. The fourth-order valence-electron chi connectivity index (χ4n) is 2.53. The van der Waals surface area contributed by atoms with E-state index in [-0.39, 0.29) is 44.2 Å². The van der Waals surface area contributed by atoms with Crippen molar-refractivity contribution in [2.75, 3.05) is 18.0 Å². The number of nitrogens with zero attached hydrogens (tertiary/aromatic N) is 1. The van der Waals surface area contributed by atoms with Crippen molar-refractivity contribution in [1.82, 2.24) is 5.32 Å². The van der Waals surface area contributed by atoms with E-state index < -0.39 is 11.7 Å². The van der Waals surface area contributed by atoms with Crippen LogP contribution in [0.4, 0.5) is 10.1 Å². The molecule has 2 aromatic carbocycles. The number of benzene rings is 2. The minimum absolute atomic E-state index is 0.0104. The molecule has 0 atom stereocenters. The fourth-order valence-corrected chi connectivity index (χ4v) is 2.53. The predicted octanol–water partition coefficient (Wildman–Crippen LogP) is 1.78. The van der Waals surface area contributed by atoms with E-state index in [4.69, 9.17) is 5.73 Å². The standard InChI is InChI=1S/C20H22FN3O3/c21-16-6-8-17(9-7-16)24(13-11-18(22)25)20(27)10-12-23-19(26)14-15-4-2-1-3-5-15/h1-9H,10-14H2,(H2,22,25)(H,23,26). The van der Waals surface area contributed by atoms with Crippen LogP contribution in [0.25, 0.3) is 0 Å². The van der Waals surface area contributed by atoms with Crippen LogP contribution in [0.15, 0.2) is 54.6 Å². The molecule has 0 unspecified atom stereocenters. The molecular formula is C20H22FN3O3. The lowest BCUT2D eigenvalue weighted by atomic mass is 10.1. The number of amides is 3. The third kappa shape index (κ3) is 6.89. The number of primary amides is 1. The molecule has 0 aromatic heterocycles. The van der Waals surface area contributed by atoms with Crippen LogP contribution < -0.4 is 16.0 Å². The summed E-state index contributed by atoms with van der Waals surface area (Å²) in [5.41, 5.74) is 6.52. The summed E-state index contributed by atoms with van der Waals surface area (Å²) in [4.78, 5) is 36.9. The van der Waals surface area contributed by atoms with Crippen LogP contribution in [-0.2, 0) is 20.8 Å². The Labute approximate surface area is 157 Å². The normalized spacial score (nSPS) is 10.3. The van der Waals surface area contributed by atoms with Gasteiger partial charge in [0.1, 0.15) is 5.82 Å². The molecule has 3 amide bonds. The molecule has 27 heavy (non-hydrogen) atoms. The largest absolute Gasteiger partial charge is 0.370 e. The van der Waals surface area contributed by atoms with Gasteiger partial charge >= 0.3 is 0 Å². The van der Waals surface area contributed by atoms with Crippen molar-refractivity contribution >= 4 is 23.4 Å². The van der Waals surface area contributed by atoms with Crippen LogP contribution in [0.2, 0.25) is 0 Å². The highest BCUT2D eigenvalue weighted by Crippen LogP contribution is 2.16. The van der Waals surface area contributed by atoms with Crippen molar-refractivity contribution in [2.45, 2.75) is 19.3 Å². The Balaban J connectivity index is 1.89. The molecule has 7 heteroatoms. The lowest BCUT2D eigenvalue weighted by Crippen LogP contribution is -2.37. The average Bonchev–Trinajstić information content (AvgIpc) is 2.64. The van der Waals surface area contributed by atoms with Gasteiger partial charge in [0.25, 0.3) is 0 Å². The molecule has 0 saturated carbocycles. The van der Waals surface area contributed by atoms with Crippen LogP contribution >= 0.6 is 0 Å². The van der Waals surface area contributed by atoms with E-state index in [0.717, 1.165) is 5.56 Å². The van der Waals surface area contributed by atoms with Gasteiger partial charge in [-0.3, -0.25) is 14.4 Å². The van der Waals surface area contributed by atoms with Gasteiger partial charge in [-0.25, -0.2) is 4.39 Å². The third-order valence-corrected chi connectivity index (χ3v) is 3.89. The first kappa shape index (κ1) is 20.1. The molecule has 3 N–H and O–H groups in total. The Hall–Kier alpha value is -3.22. The van der Waals surface area contributed by atoms with E-state index in [1.165, 1.54) is 29.2 Å². The summed E-state index contributed by atoms with van der Waals surface area (Å²) in [5, 5.41) is 2.70. The monoisotopic (exact) mass is 371 g/mol. The number of hydrogen-bond donors (Lipinski definition) is 2. The maximum absolute atomic E-state index is 13.1. The Morgan fingerprint density at radius 2 is 1.63 bits per heavy atom. The molecule has 0 fully saturated rings. The maximum atomic E-state index is 13.1. The van der Waals surface area contributed by atoms with Gasteiger partial charge in [-0.05, 0) is 29.8 Å². The van der Waals surface area contributed by atoms with Crippen LogP contribution in [0.3, 0.4) is 0 Å². The molecule has 0 aliphatic carbocycles. The van der Waals surface area contributed by atoms with Crippen molar-refractivity contribution in [3.05, 3.63) is 66.0 Å². The van der Waals surface area contributed by atoms with Crippen molar-refractivity contribution in [1.29, 1.82) is 0 Å². The molecule has 2 aromatic rings. The van der Waals surface area contributed by atoms with Crippen LogP contribution in [-0.4, -0.2) is 30.8 Å². The van der Waals surface area contributed by atoms with E-state index >= 15 is 0 Å². The van der Waals surface area contributed by atoms with Crippen LogP contribution in [0.5, 0.6) is 0 Å². The highest BCUT2D eigenvalue weighted by Gasteiger charge is 2.17. The fraction of sp³-hybridized carbons (Fsp3) is 0.250. The van der Waals surface area contributed by atoms with E-state index in [2.05, 4.69) is 5.32 Å². The Morgan fingerprint density at radius 3 is 2.26 bits per heavy atom. The Morgan fingerprint density at radius 1 is 0.963 bits per heavy atom.